The van der Waals surface area contributed by atoms with Crippen molar-refractivity contribution >= 4 is 80.6 Å². The van der Waals surface area contributed by atoms with Gasteiger partial charge in [0.15, 0.2) is 0 Å². The predicted octanol–water partition coefficient (Wildman–Crippen LogP) is 9.57. The first-order valence-corrected chi connectivity index (χ1v) is 18.0. The molecule has 182 valence electrons. The van der Waals surface area contributed by atoms with Crippen molar-refractivity contribution in [2.75, 3.05) is 0 Å². The molecule has 2 aromatic heterocycles. The predicted molar refractivity (Wildman–Crippen MR) is 166 cm³/mol. The number of aromatic nitrogens is 2. The van der Waals surface area contributed by atoms with Gasteiger partial charge >= 0.3 is 0 Å². The molecular formula is C25H42I2N2S2Si. The van der Waals surface area contributed by atoms with Crippen molar-refractivity contribution in [2.45, 2.75) is 105 Å². The van der Waals surface area contributed by atoms with Crippen LogP contribution in [0.1, 0.15) is 88.1 Å². The number of hydrogen-bond acceptors (Lipinski definition) is 4. The van der Waals surface area contributed by atoms with E-state index < -0.39 is 8.07 Å². The van der Waals surface area contributed by atoms with Crippen LogP contribution in [0, 0.1) is 25.2 Å². The van der Waals surface area contributed by atoms with Crippen molar-refractivity contribution in [1.29, 1.82) is 0 Å². The molecule has 0 aliphatic carbocycles. The Morgan fingerprint density at radius 1 is 0.625 bits per heavy atom. The molecule has 0 radical (unpaired) electrons. The van der Waals surface area contributed by atoms with E-state index in [9.17, 15) is 0 Å². The first-order chi connectivity index (χ1) is 14.7. The summed E-state index contributed by atoms with van der Waals surface area (Å²) in [7, 11) is -1.76. The van der Waals surface area contributed by atoms with Gasteiger partial charge in [0.2, 0.25) is 0 Å². The van der Waals surface area contributed by atoms with Crippen molar-refractivity contribution in [1.82, 2.24) is 9.97 Å². The van der Waals surface area contributed by atoms with Gasteiger partial charge in [0, 0.05) is 5.41 Å². The first-order valence-electron chi connectivity index (χ1n) is 12.0. The maximum Gasteiger partial charge on any atom is 0.131 e. The van der Waals surface area contributed by atoms with Crippen molar-refractivity contribution in [3.8, 4) is 9.75 Å². The Bertz CT molecular complexity index is 795. The Hall–Kier alpha value is 0.937. The second-order valence-corrected chi connectivity index (χ2v) is 21.3. The van der Waals surface area contributed by atoms with Crippen LogP contribution in [0.25, 0.3) is 9.75 Å². The van der Waals surface area contributed by atoms with E-state index in [-0.39, 0.29) is 5.41 Å². The number of halogens is 2. The maximum atomic E-state index is 5.28. The minimum atomic E-state index is -1.76. The zero-order chi connectivity index (χ0) is 24.8. The summed E-state index contributed by atoms with van der Waals surface area (Å²) in [4.78, 5) is 13.2. The highest BCUT2D eigenvalue weighted by atomic mass is 127. The number of thiazole rings is 2. The zero-order valence-electron chi connectivity index (χ0n) is 21.9. The van der Waals surface area contributed by atoms with E-state index in [4.69, 9.17) is 9.97 Å². The van der Waals surface area contributed by atoms with Crippen LogP contribution in [-0.4, -0.2) is 18.0 Å². The lowest BCUT2D eigenvalue weighted by Gasteiger charge is -2.43. The van der Waals surface area contributed by atoms with Gasteiger partial charge in [0.1, 0.15) is 20.5 Å². The summed E-state index contributed by atoms with van der Waals surface area (Å²) in [5.41, 5.74) is 2.10. The maximum absolute atomic E-state index is 5.28. The van der Waals surface area contributed by atoms with Gasteiger partial charge < -0.3 is 0 Å². The van der Waals surface area contributed by atoms with Crippen LogP contribution in [0.4, 0.5) is 0 Å². The molecule has 2 heterocycles. The first kappa shape index (κ1) is 29.2. The minimum Gasteiger partial charge on any atom is -0.240 e. The van der Waals surface area contributed by atoms with E-state index in [1.54, 1.807) is 0 Å². The molecule has 2 rings (SSSR count). The van der Waals surface area contributed by atoms with Crippen molar-refractivity contribution in [3.63, 3.8) is 0 Å². The van der Waals surface area contributed by atoms with E-state index in [0.29, 0.717) is 34.4 Å². The molecular weight excluding hydrogens is 674 g/mol. The minimum absolute atomic E-state index is 0.0914. The standard InChI is InChI=1S/C25H42I2N2S2Si/c1-13(2)25(14(3)4,15(5)6)23-28-21(26)19(30-23)20-22(27)29-24(31-20)32(16(7)8,17(9)10)18(11)12/h13-18H,1-12H3. The van der Waals surface area contributed by atoms with Crippen molar-refractivity contribution < 1.29 is 0 Å². The van der Waals surface area contributed by atoms with Crippen molar-refractivity contribution in [3.05, 3.63) is 12.4 Å². The van der Waals surface area contributed by atoms with Gasteiger partial charge in [-0.15, -0.1) is 22.7 Å². The van der Waals surface area contributed by atoms with E-state index >= 15 is 0 Å². The highest BCUT2D eigenvalue weighted by Crippen LogP contribution is 2.50. The highest BCUT2D eigenvalue weighted by Gasteiger charge is 2.48. The topological polar surface area (TPSA) is 25.8 Å². The van der Waals surface area contributed by atoms with E-state index in [0.717, 1.165) is 3.70 Å². The van der Waals surface area contributed by atoms with Crippen LogP contribution in [0.2, 0.25) is 16.6 Å². The molecule has 32 heavy (non-hydrogen) atoms. The summed E-state index contributed by atoms with van der Waals surface area (Å²) in [6, 6.07) is 0. The summed E-state index contributed by atoms with van der Waals surface area (Å²) in [6.07, 6.45) is 0. The van der Waals surface area contributed by atoms with E-state index in [1.807, 2.05) is 22.7 Å². The average Bonchev–Trinajstić information content (AvgIpc) is 3.17. The normalized spacial score (nSPS) is 13.8. The van der Waals surface area contributed by atoms with Crippen molar-refractivity contribution in [2.24, 2.45) is 17.8 Å². The molecule has 0 aliphatic heterocycles. The number of hydrogen-bond donors (Lipinski definition) is 0. The van der Waals surface area contributed by atoms with Gasteiger partial charge in [0.25, 0.3) is 0 Å². The van der Waals surface area contributed by atoms with Gasteiger partial charge in [-0.05, 0) is 79.6 Å². The third-order valence-electron chi connectivity index (χ3n) is 7.85. The Balaban J connectivity index is 2.73. The molecule has 0 saturated heterocycles. The molecule has 2 nitrogen and oxygen atoms in total. The fourth-order valence-corrected chi connectivity index (χ4v) is 20.7. The van der Waals surface area contributed by atoms with Gasteiger partial charge in [-0.3, -0.25) is 0 Å². The quantitative estimate of drug-likeness (QED) is 0.191. The van der Waals surface area contributed by atoms with E-state index in [1.165, 1.54) is 23.1 Å². The monoisotopic (exact) mass is 716 g/mol. The lowest BCUT2D eigenvalue weighted by atomic mass is 9.62. The number of nitrogens with zero attached hydrogens (tertiary/aromatic N) is 2. The third-order valence-corrected chi connectivity index (χ3v) is 20.4. The largest absolute Gasteiger partial charge is 0.240 e. The highest BCUT2D eigenvalue weighted by molar-refractivity contribution is 14.1. The molecule has 0 spiro atoms. The Morgan fingerprint density at radius 2 is 1.00 bits per heavy atom. The van der Waals surface area contributed by atoms with Crippen LogP contribution in [0.3, 0.4) is 0 Å². The molecule has 0 aliphatic rings. The summed E-state index contributed by atoms with van der Waals surface area (Å²) < 4.78 is 3.75. The molecule has 0 bridgehead atoms. The summed E-state index contributed by atoms with van der Waals surface area (Å²) in [5.74, 6) is 1.61. The van der Waals surface area contributed by atoms with Crippen LogP contribution < -0.4 is 4.63 Å². The average molecular weight is 717 g/mol. The van der Waals surface area contributed by atoms with E-state index in [2.05, 4.69) is 128 Å². The molecule has 0 aromatic carbocycles. The smallest absolute Gasteiger partial charge is 0.131 e. The summed E-state index contributed by atoms with van der Waals surface area (Å²) in [6.45, 7) is 28.8. The van der Waals surface area contributed by atoms with Gasteiger partial charge in [-0.2, -0.15) is 0 Å². The third kappa shape index (κ3) is 4.68. The molecule has 0 fully saturated rings. The second-order valence-electron chi connectivity index (χ2n) is 11.1. The SMILES string of the molecule is CC(C)C(c1nc(I)c(-c2sc([Si](C(C)C)(C(C)C)C(C)C)nc2I)s1)(C(C)C)C(C)C. The van der Waals surface area contributed by atoms with Crippen LogP contribution in [0.15, 0.2) is 0 Å². The fourth-order valence-electron chi connectivity index (χ4n) is 6.74. The molecule has 2 aromatic rings. The molecule has 0 N–H and O–H groups in total. The number of rotatable bonds is 9. The summed E-state index contributed by atoms with van der Waals surface area (Å²) in [5, 5.41) is 1.31. The fraction of sp³-hybridized carbons (Fsp3) is 0.760. The van der Waals surface area contributed by atoms with Crippen LogP contribution in [0.5, 0.6) is 0 Å². The second kappa shape index (κ2) is 10.9. The molecule has 0 atom stereocenters. The molecule has 0 amide bonds. The van der Waals surface area contributed by atoms with Crippen LogP contribution >= 0.6 is 67.9 Å². The lowest BCUT2D eigenvalue weighted by Crippen LogP contribution is -2.55. The molecule has 0 unspecified atom stereocenters. The van der Waals surface area contributed by atoms with Crippen LogP contribution in [-0.2, 0) is 5.41 Å². The Labute approximate surface area is 233 Å². The van der Waals surface area contributed by atoms with Gasteiger partial charge in [-0.1, -0.05) is 83.1 Å². The lowest BCUT2D eigenvalue weighted by molar-refractivity contribution is 0.147. The molecule has 0 saturated carbocycles. The summed E-state index contributed by atoms with van der Waals surface area (Å²) >= 11 is 8.85. The molecule has 7 heteroatoms. The van der Waals surface area contributed by atoms with Gasteiger partial charge in [-0.25, -0.2) is 9.97 Å². The Morgan fingerprint density at radius 3 is 1.38 bits per heavy atom. The zero-order valence-corrected chi connectivity index (χ0v) is 28.9. The van der Waals surface area contributed by atoms with Gasteiger partial charge in [0.05, 0.1) is 14.4 Å². The Kier molecular flexibility index (Phi) is 9.94.